The van der Waals surface area contributed by atoms with Crippen molar-refractivity contribution in [3.8, 4) is 0 Å². The number of hydrogen-bond acceptors (Lipinski definition) is 1. The first-order valence-corrected chi connectivity index (χ1v) is 6.07. The van der Waals surface area contributed by atoms with Gasteiger partial charge in [0.2, 0.25) is 0 Å². The van der Waals surface area contributed by atoms with Gasteiger partial charge in [0.15, 0.2) is 0 Å². The van der Waals surface area contributed by atoms with Gasteiger partial charge in [0.05, 0.1) is 6.61 Å². The third-order valence-corrected chi connectivity index (χ3v) is 1.76. The molecule has 0 aliphatic rings. The largest absolute Gasteiger partial charge is 0.494 e. The average molecular weight is 222 g/mol. The Morgan fingerprint density at radius 1 is 1.19 bits per heavy atom. The van der Waals surface area contributed by atoms with E-state index in [-0.39, 0.29) is 0 Å². The van der Waals surface area contributed by atoms with E-state index in [2.05, 4.69) is 13.5 Å². The Labute approximate surface area is 101 Å². The molecule has 0 aromatic carbocycles. The molecule has 0 atom stereocenters. The Morgan fingerprint density at radius 3 is 2.19 bits per heavy atom. The van der Waals surface area contributed by atoms with E-state index in [4.69, 9.17) is 4.74 Å². The minimum atomic E-state index is 0.692. The Balaban J connectivity index is 0. The Bertz CT molecular complexity index is 244. The first-order chi connectivity index (χ1) is 7.79. The van der Waals surface area contributed by atoms with Gasteiger partial charge in [-0.3, -0.25) is 0 Å². The average Bonchev–Trinajstić information content (AvgIpc) is 2.34. The molecule has 16 heavy (non-hydrogen) atoms. The molecule has 1 heteroatoms. The number of allylic oxidation sites excluding steroid dienone is 6. The first kappa shape index (κ1) is 17.2. The van der Waals surface area contributed by atoms with Gasteiger partial charge in [0.1, 0.15) is 5.76 Å². The highest BCUT2D eigenvalue weighted by Gasteiger charge is 2.01. The van der Waals surface area contributed by atoms with Crippen LogP contribution >= 0.6 is 0 Å². The highest BCUT2D eigenvalue weighted by molar-refractivity contribution is 5.31. The highest BCUT2D eigenvalue weighted by atomic mass is 16.5. The summed E-state index contributed by atoms with van der Waals surface area (Å²) in [6.45, 7) is 14.5. The maximum Gasteiger partial charge on any atom is 0.122 e. The van der Waals surface area contributed by atoms with Crippen molar-refractivity contribution in [2.75, 3.05) is 6.61 Å². The van der Waals surface area contributed by atoms with Crippen LogP contribution in [0.1, 0.15) is 41.0 Å². The standard InChI is InChI=1S/C13H20O.C2H6/c1-5-9-11-13(14-8-4)12(7-3)10-6-2;1-2/h5-6,9-11H,2,7-8H2,1,3-4H3;1-2H3/b9-5-,12-10-,13-11+;. The predicted molar refractivity (Wildman–Crippen MR) is 74.4 cm³/mol. The monoisotopic (exact) mass is 222 g/mol. The first-order valence-electron chi connectivity index (χ1n) is 6.07. The van der Waals surface area contributed by atoms with Crippen molar-refractivity contribution in [2.45, 2.75) is 41.0 Å². The van der Waals surface area contributed by atoms with Gasteiger partial charge in [-0.1, -0.05) is 51.7 Å². The van der Waals surface area contributed by atoms with E-state index in [1.807, 2.05) is 52.0 Å². The van der Waals surface area contributed by atoms with E-state index >= 15 is 0 Å². The van der Waals surface area contributed by atoms with Crippen molar-refractivity contribution >= 4 is 0 Å². The summed E-state index contributed by atoms with van der Waals surface area (Å²) in [5.41, 5.74) is 1.18. The van der Waals surface area contributed by atoms with Crippen LogP contribution in [-0.2, 0) is 4.74 Å². The fraction of sp³-hybridized carbons (Fsp3) is 0.467. The van der Waals surface area contributed by atoms with E-state index in [0.717, 1.165) is 12.2 Å². The van der Waals surface area contributed by atoms with E-state index in [1.54, 1.807) is 6.08 Å². The van der Waals surface area contributed by atoms with Crippen LogP contribution < -0.4 is 0 Å². The quantitative estimate of drug-likeness (QED) is 0.452. The van der Waals surface area contributed by atoms with Crippen LogP contribution in [0.25, 0.3) is 0 Å². The molecule has 1 nitrogen and oxygen atoms in total. The van der Waals surface area contributed by atoms with Gasteiger partial charge >= 0.3 is 0 Å². The third-order valence-electron chi connectivity index (χ3n) is 1.76. The van der Waals surface area contributed by atoms with E-state index in [1.165, 1.54) is 5.57 Å². The zero-order valence-electron chi connectivity index (χ0n) is 11.4. The summed E-state index contributed by atoms with van der Waals surface area (Å²) in [7, 11) is 0. The SMILES string of the molecule is C=C\C=C(CC)/C(=C\C=C/C)OCC.CC. The van der Waals surface area contributed by atoms with Gasteiger partial charge < -0.3 is 4.74 Å². The zero-order chi connectivity index (χ0) is 12.8. The molecule has 0 saturated heterocycles. The molecule has 0 N–H and O–H groups in total. The summed E-state index contributed by atoms with van der Waals surface area (Å²) in [6, 6.07) is 0. The van der Waals surface area contributed by atoms with Crippen LogP contribution in [0.4, 0.5) is 0 Å². The molecule has 0 aromatic heterocycles. The maximum absolute atomic E-state index is 5.54. The molecule has 0 heterocycles. The molecule has 0 rings (SSSR count). The topological polar surface area (TPSA) is 9.23 Å². The fourth-order valence-electron chi connectivity index (χ4n) is 1.10. The van der Waals surface area contributed by atoms with Gasteiger partial charge in [0, 0.05) is 0 Å². The Morgan fingerprint density at radius 2 is 1.81 bits per heavy atom. The fourth-order valence-corrected chi connectivity index (χ4v) is 1.10. The normalized spacial score (nSPS) is 12.1. The molecule has 0 aliphatic carbocycles. The molecule has 0 aromatic rings. The molecule has 0 fully saturated rings. The molecule has 0 aliphatic heterocycles. The van der Waals surface area contributed by atoms with Crippen molar-refractivity contribution in [1.82, 2.24) is 0 Å². The number of hydrogen-bond donors (Lipinski definition) is 0. The van der Waals surface area contributed by atoms with Crippen LogP contribution in [-0.4, -0.2) is 6.61 Å². The summed E-state index contributed by atoms with van der Waals surface area (Å²) in [5, 5.41) is 0. The van der Waals surface area contributed by atoms with Gasteiger partial charge in [-0.25, -0.2) is 0 Å². The van der Waals surface area contributed by atoms with Crippen molar-refractivity contribution in [2.24, 2.45) is 0 Å². The number of ether oxygens (including phenoxy) is 1. The lowest BCUT2D eigenvalue weighted by Crippen LogP contribution is -1.95. The van der Waals surface area contributed by atoms with Crippen LogP contribution in [0.2, 0.25) is 0 Å². The minimum absolute atomic E-state index is 0.692. The molecule has 0 bridgehead atoms. The Hall–Kier alpha value is -1.24. The summed E-state index contributed by atoms with van der Waals surface area (Å²) in [6.07, 6.45) is 10.7. The summed E-state index contributed by atoms with van der Waals surface area (Å²) in [4.78, 5) is 0. The molecular formula is C15H26O. The highest BCUT2D eigenvalue weighted by Crippen LogP contribution is 2.15. The van der Waals surface area contributed by atoms with Crippen LogP contribution in [0.5, 0.6) is 0 Å². The van der Waals surface area contributed by atoms with E-state index in [9.17, 15) is 0 Å². The Kier molecular flexibility index (Phi) is 14.8. The lowest BCUT2D eigenvalue weighted by molar-refractivity contribution is 0.236. The third kappa shape index (κ3) is 8.10. The summed E-state index contributed by atoms with van der Waals surface area (Å²) in [5.74, 6) is 0.938. The second-order valence-electron chi connectivity index (χ2n) is 2.77. The molecule has 0 unspecified atom stereocenters. The molecule has 0 radical (unpaired) electrons. The van der Waals surface area contributed by atoms with Crippen molar-refractivity contribution in [1.29, 1.82) is 0 Å². The lowest BCUT2D eigenvalue weighted by Gasteiger charge is -2.09. The molecular weight excluding hydrogens is 196 g/mol. The smallest absolute Gasteiger partial charge is 0.122 e. The summed E-state index contributed by atoms with van der Waals surface area (Å²) >= 11 is 0. The van der Waals surface area contributed by atoms with E-state index in [0.29, 0.717) is 6.61 Å². The lowest BCUT2D eigenvalue weighted by atomic mass is 10.1. The summed E-state index contributed by atoms with van der Waals surface area (Å²) < 4.78 is 5.54. The van der Waals surface area contributed by atoms with Gasteiger partial charge in [-0.15, -0.1) is 0 Å². The minimum Gasteiger partial charge on any atom is -0.494 e. The second kappa shape index (κ2) is 13.8. The van der Waals surface area contributed by atoms with Crippen molar-refractivity contribution < 1.29 is 4.74 Å². The molecule has 0 saturated carbocycles. The number of rotatable bonds is 6. The second-order valence-corrected chi connectivity index (χ2v) is 2.77. The molecule has 0 amide bonds. The molecule has 92 valence electrons. The van der Waals surface area contributed by atoms with Gasteiger partial charge in [-0.2, -0.15) is 0 Å². The van der Waals surface area contributed by atoms with E-state index < -0.39 is 0 Å². The van der Waals surface area contributed by atoms with Crippen LogP contribution in [0, 0.1) is 0 Å². The zero-order valence-corrected chi connectivity index (χ0v) is 11.4. The van der Waals surface area contributed by atoms with Crippen LogP contribution in [0.3, 0.4) is 0 Å². The van der Waals surface area contributed by atoms with Crippen LogP contribution in [0.15, 0.2) is 48.3 Å². The van der Waals surface area contributed by atoms with Crippen molar-refractivity contribution in [3.05, 3.63) is 48.3 Å². The maximum atomic E-state index is 5.54. The van der Waals surface area contributed by atoms with Gasteiger partial charge in [0.25, 0.3) is 0 Å². The molecule has 0 spiro atoms. The van der Waals surface area contributed by atoms with Gasteiger partial charge in [-0.05, 0) is 31.9 Å². The predicted octanol–water partition coefficient (Wildman–Crippen LogP) is 5.03. The van der Waals surface area contributed by atoms with Crippen molar-refractivity contribution in [3.63, 3.8) is 0 Å².